The molecular formula is C14H21Cl2N. The van der Waals surface area contributed by atoms with Crippen molar-refractivity contribution in [1.29, 1.82) is 0 Å². The highest BCUT2D eigenvalue weighted by molar-refractivity contribution is 6.36. The molecule has 0 fully saturated rings. The molecule has 0 aliphatic carbocycles. The normalized spacial score (nSPS) is 14.6. The van der Waals surface area contributed by atoms with Crippen molar-refractivity contribution in [1.82, 2.24) is 5.32 Å². The van der Waals surface area contributed by atoms with Crippen LogP contribution in [0.4, 0.5) is 0 Å². The lowest BCUT2D eigenvalue weighted by Gasteiger charge is -2.25. The molecule has 1 aromatic carbocycles. The number of nitrogens with one attached hydrogen (secondary N) is 1. The van der Waals surface area contributed by atoms with Crippen molar-refractivity contribution in [3.8, 4) is 0 Å². The lowest BCUT2D eigenvalue weighted by atomic mass is 9.84. The summed E-state index contributed by atoms with van der Waals surface area (Å²) < 4.78 is 0. The van der Waals surface area contributed by atoms with Gasteiger partial charge in [-0.2, -0.15) is 0 Å². The average Bonchev–Trinajstić information content (AvgIpc) is 2.28. The summed E-state index contributed by atoms with van der Waals surface area (Å²) in [5.74, 6) is 0.950. The van der Waals surface area contributed by atoms with E-state index in [0.717, 1.165) is 22.2 Å². The Hall–Kier alpha value is -0.240. The summed E-state index contributed by atoms with van der Waals surface area (Å²) in [5.41, 5.74) is 1.09. The van der Waals surface area contributed by atoms with Gasteiger partial charge >= 0.3 is 0 Å². The van der Waals surface area contributed by atoms with E-state index in [9.17, 15) is 0 Å². The molecule has 0 saturated carbocycles. The number of likely N-dealkylation sites (N-methyl/N-ethyl adjacent to an activating group) is 1. The molecule has 0 heterocycles. The summed E-state index contributed by atoms with van der Waals surface area (Å²) in [6.45, 7) is 5.39. The standard InChI is InChI=1S/C14H21Cl2N/c1-4-6-10(2)11(9-17-3)14-12(15)7-5-8-13(14)16/h5,7-8,10-11,17H,4,6,9H2,1-3H3. The Morgan fingerprint density at radius 3 is 2.29 bits per heavy atom. The van der Waals surface area contributed by atoms with Gasteiger partial charge in [-0.15, -0.1) is 0 Å². The van der Waals surface area contributed by atoms with Gasteiger partial charge in [0.05, 0.1) is 0 Å². The number of hydrogen-bond donors (Lipinski definition) is 1. The van der Waals surface area contributed by atoms with Gasteiger partial charge < -0.3 is 5.32 Å². The Labute approximate surface area is 115 Å². The summed E-state index contributed by atoms with van der Waals surface area (Å²) in [6.07, 6.45) is 2.37. The zero-order valence-electron chi connectivity index (χ0n) is 10.8. The van der Waals surface area contributed by atoms with Crippen LogP contribution in [-0.2, 0) is 0 Å². The summed E-state index contributed by atoms with van der Waals surface area (Å²) in [5, 5.41) is 4.80. The molecule has 3 heteroatoms. The van der Waals surface area contributed by atoms with E-state index in [1.807, 2.05) is 25.2 Å². The van der Waals surface area contributed by atoms with Crippen molar-refractivity contribution in [2.24, 2.45) is 5.92 Å². The minimum absolute atomic E-state index is 0.376. The highest BCUT2D eigenvalue weighted by atomic mass is 35.5. The molecule has 1 nitrogen and oxygen atoms in total. The highest BCUT2D eigenvalue weighted by Gasteiger charge is 2.22. The lowest BCUT2D eigenvalue weighted by Crippen LogP contribution is -2.23. The molecule has 2 atom stereocenters. The van der Waals surface area contributed by atoms with Crippen LogP contribution in [0.1, 0.15) is 38.2 Å². The van der Waals surface area contributed by atoms with Gasteiger partial charge in [0.1, 0.15) is 0 Å². The molecule has 1 aromatic rings. The topological polar surface area (TPSA) is 12.0 Å². The van der Waals surface area contributed by atoms with Crippen LogP contribution >= 0.6 is 23.2 Å². The number of benzene rings is 1. The van der Waals surface area contributed by atoms with Crippen LogP contribution in [0.25, 0.3) is 0 Å². The zero-order chi connectivity index (χ0) is 12.8. The Balaban J connectivity index is 3.04. The highest BCUT2D eigenvalue weighted by Crippen LogP contribution is 2.36. The molecule has 0 aliphatic rings. The molecule has 0 aliphatic heterocycles. The van der Waals surface area contributed by atoms with E-state index < -0.39 is 0 Å². The third kappa shape index (κ3) is 3.87. The number of hydrogen-bond acceptors (Lipinski definition) is 1. The molecule has 1 N–H and O–H groups in total. The van der Waals surface area contributed by atoms with Gasteiger partial charge in [-0.3, -0.25) is 0 Å². The zero-order valence-corrected chi connectivity index (χ0v) is 12.3. The second kappa shape index (κ2) is 7.25. The van der Waals surface area contributed by atoms with Crippen molar-refractivity contribution < 1.29 is 0 Å². The SMILES string of the molecule is CCCC(C)C(CNC)c1c(Cl)cccc1Cl. The molecule has 17 heavy (non-hydrogen) atoms. The van der Waals surface area contributed by atoms with Crippen LogP contribution in [0, 0.1) is 5.92 Å². The molecule has 0 bridgehead atoms. The van der Waals surface area contributed by atoms with Crippen molar-refractivity contribution >= 4 is 23.2 Å². The summed E-state index contributed by atoms with van der Waals surface area (Å²) >= 11 is 12.6. The minimum Gasteiger partial charge on any atom is -0.319 e. The van der Waals surface area contributed by atoms with Gasteiger partial charge in [0, 0.05) is 22.5 Å². The molecule has 0 saturated heterocycles. The van der Waals surface area contributed by atoms with Crippen LogP contribution in [0.2, 0.25) is 10.0 Å². The van der Waals surface area contributed by atoms with Crippen LogP contribution in [0.15, 0.2) is 18.2 Å². The second-order valence-corrected chi connectivity index (χ2v) is 5.38. The van der Waals surface area contributed by atoms with E-state index in [1.165, 1.54) is 12.8 Å². The summed E-state index contributed by atoms with van der Waals surface area (Å²) in [7, 11) is 1.97. The first-order valence-electron chi connectivity index (χ1n) is 6.20. The first kappa shape index (κ1) is 14.8. The quantitative estimate of drug-likeness (QED) is 0.790. The second-order valence-electron chi connectivity index (χ2n) is 4.57. The smallest absolute Gasteiger partial charge is 0.0456 e. The van der Waals surface area contributed by atoms with Gasteiger partial charge in [-0.05, 0) is 30.7 Å². The first-order chi connectivity index (χ1) is 8.11. The number of halogens is 2. The van der Waals surface area contributed by atoms with Crippen molar-refractivity contribution in [2.45, 2.75) is 32.6 Å². The summed E-state index contributed by atoms with van der Waals surface area (Å²) in [4.78, 5) is 0. The van der Waals surface area contributed by atoms with Crippen molar-refractivity contribution in [3.05, 3.63) is 33.8 Å². The van der Waals surface area contributed by atoms with E-state index in [4.69, 9.17) is 23.2 Å². The Bertz CT molecular complexity index is 332. The van der Waals surface area contributed by atoms with E-state index in [-0.39, 0.29) is 0 Å². The van der Waals surface area contributed by atoms with Gasteiger partial charge in [0.2, 0.25) is 0 Å². The fourth-order valence-electron chi connectivity index (χ4n) is 2.33. The Morgan fingerprint density at radius 1 is 1.24 bits per heavy atom. The van der Waals surface area contributed by atoms with Crippen molar-refractivity contribution in [2.75, 3.05) is 13.6 Å². The molecule has 0 amide bonds. The van der Waals surface area contributed by atoms with Gasteiger partial charge in [0.25, 0.3) is 0 Å². The van der Waals surface area contributed by atoms with Gasteiger partial charge in [-0.1, -0.05) is 56.0 Å². The molecular weight excluding hydrogens is 253 g/mol. The molecule has 0 radical (unpaired) electrons. The third-order valence-electron chi connectivity index (χ3n) is 3.23. The maximum Gasteiger partial charge on any atom is 0.0456 e. The number of rotatable bonds is 6. The molecule has 2 unspecified atom stereocenters. The average molecular weight is 274 g/mol. The monoisotopic (exact) mass is 273 g/mol. The van der Waals surface area contributed by atoms with E-state index in [0.29, 0.717) is 11.8 Å². The van der Waals surface area contributed by atoms with E-state index in [2.05, 4.69) is 19.2 Å². The molecule has 1 rings (SSSR count). The predicted octanol–water partition coefficient (Wildman–Crippen LogP) is 4.73. The van der Waals surface area contributed by atoms with Crippen LogP contribution < -0.4 is 5.32 Å². The largest absolute Gasteiger partial charge is 0.319 e. The van der Waals surface area contributed by atoms with Crippen LogP contribution in [0.3, 0.4) is 0 Å². The fraction of sp³-hybridized carbons (Fsp3) is 0.571. The fourth-order valence-corrected chi connectivity index (χ4v) is 3.01. The molecule has 0 aromatic heterocycles. The van der Waals surface area contributed by atoms with Gasteiger partial charge in [-0.25, -0.2) is 0 Å². The van der Waals surface area contributed by atoms with Crippen LogP contribution in [-0.4, -0.2) is 13.6 Å². The Morgan fingerprint density at radius 2 is 1.82 bits per heavy atom. The Kier molecular flexibility index (Phi) is 6.32. The maximum atomic E-state index is 6.29. The van der Waals surface area contributed by atoms with E-state index >= 15 is 0 Å². The first-order valence-corrected chi connectivity index (χ1v) is 6.95. The molecule has 0 spiro atoms. The predicted molar refractivity (Wildman–Crippen MR) is 77.2 cm³/mol. The van der Waals surface area contributed by atoms with E-state index in [1.54, 1.807) is 0 Å². The lowest BCUT2D eigenvalue weighted by molar-refractivity contribution is 0.413. The molecule has 96 valence electrons. The summed E-state index contributed by atoms with van der Waals surface area (Å²) in [6, 6.07) is 5.74. The van der Waals surface area contributed by atoms with Crippen molar-refractivity contribution in [3.63, 3.8) is 0 Å². The van der Waals surface area contributed by atoms with Crippen LogP contribution in [0.5, 0.6) is 0 Å². The third-order valence-corrected chi connectivity index (χ3v) is 3.88. The van der Waals surface area contributed by atoms with Gasteiger partial charge in [0.15, 0.2) is 0 Å². The minimum atomic E-state index is 0.376. The maximum absolute atomic E-state index is 6.29.